The summed E-state index contributed by atoms with van der Waals surface area (Å²) in [4.78, 5) is 23.6. The fourth-order valence-corrected chi connectivity index (χ4v) is 3.36. The fraction of sp³-hybridized carbons (Fsp3) is 0.143. The Bertz CT molecular complexity index is 1210. The van der Waals surface area contributed by atoms with Crippen LogP contribution in [0.2, 0.25) is 0 Å². The molecule has 0 fully saturated rings. The van der Waals surface area contributed by atoms with E-state index >= 15 is 0 Å². The number of rotatable bonds is 7. The van der Waals surface area contributed by atoms with E-state index in [-0.39, 0.29) is 6.61 Å². The third kappa shape index (κ3) is 5.87. The molecular weight excluding hydrogens is 394 g/mol. The summed E-state index contributed by atoms with van der Waals surface area (Å²) in [5.41, 5.74) is 1.96. The minimum atomic E-state index is -3.80. The van der Waals surface area contributed by atoms with Crippen molar-refractivity contribution in [2.24, 2.45) is 0 Å². The highest BCUT2D eigenvalue weighted by molar-refractivity contribution is 7.92. The summed E-state index contributed by atoms with van der Waals surface area (Å²) < 4.78 is 36.4. The third-order valence-corrected chi connectivity index (χ3v) is 5.07. The minimum absolute atomic E-state index is 0.175. The van der Waals surface area contributed by atoms with Gasteiger partial charge in [0.15, 0.2) is 0 Å². The number of benzene rings is 2. The van der Waals surface area contributed by atoms with Crippen LogP contribution in [0.25, 0.3) is 17.0 Å². The van der Waals surface area contributed by atoms with Gasteiger partial charge >= 0.3 is 11.6 Å². The Hall–Kier alpha value is -3.23. The van der Waals surface area contributed by atoms with Crippen molar-refractivity contribution in [2.45, 2.75) is 13.5 Å². The van der Waals surface area contributed by atoms with Crippen LogP contribution < -0.4 is 10.3 Å². The average molecular weight is 413 g/mol. The molecule has 0 amide bonds. The van der Waals surface area contributed by atoms with Crippen LogP contribution in [0.15, 0.2) is 69.2 Å². The smallest absolute Gasteiger partial charge is 0.336 e. The summed E-state index contributed by atoms with van der Waals surface area (Å²) >= 11 is 0. The lowest BCUT2D eigenvalue weighted by atomic mass is 10.1. The van der Waals surface area contributed by atoms with Gasteiger partial charge in [-0.1, -0.05) is 42.5 Å². The van der Waals surface area contributed by atoms with Crippen molar-refractivity contribution in [1.29, 1.82) is 0 Å². The zero-order chi connectivity index (χ0) is 20.9. The van der Waals surface area contributed by atoms with Crippen LogP contribution in [0, 0.1) is 6.92 Å². The highest BCUT2D eigenvalue weighted by atomic mass is 32.2. The van der Waals surface area contributed by atoms with Crippen molar-refractivity contribution in [3.05, 3.63) is 87.1 Å². The van der Waals surface area contributed by atoms with Crippen molar-refractivity contribution in [3.63, 3.8) is 0 Å². The Labute approximate surface area is 167 Å². The number of carbonyl (C=O) groups excluding carboxylic acids is 1. The van der Waals surface area contributed by atoms with E-state index in [4.69, 9.17) is 9.15 Å². The van der Waals surface area contributed by atoms with Gasteiger partial charge in [0.2, 0.25) is 10.0 Å². The number of aryl methyl sites for hydroxylation is 1. The zero-order valence-electron chi connectivity index (χ0n) is 15.6. The van der Waals surface area contributed by atoms with Crippen LogP contribution in [0.1, 0.15) is 16.7 Å². The zero-order valence-corrected chi connectivity index (χ0v) is 16.4. The van der Waals surface area contributed by atoms with Gasteiger partial charge in [0, 0.05) is 22.4 Å². The Balaban J connectivity index is 1.60. The standard InChI is InChI=1S/C21H19NO6S/c1-15-7-8-18-17(12-20(23)28-19(18)11-15)14-27-21(24)13-22-29(25,26)10-9-16-5-3-2-4-6-16/h2-12,22H,13-14H2,1H3/b10-9+. The maximum Gasteiger partial charge on any atom is 0.336 e. The SMILES string of the molecule is Cc1ccc2c(COC(=O)CNS(=O)(=O)/C=C/c3ccccc3)cc(=O)oc2c1. The van der Waals surface area contributed by atoms with Crippen LogP contribution in [-0.2, 0) is 26.2 Å². The van der Waals surface area contributed by atoms with Gasteiger partial charge in [0.1, 0.15) is 18.7 Å². The summed E-state index contributed by atoms with van der Waals surface area (Å²) in [6.07, 6.45) is 1.42. The molecule has 0 saturated carbocycles. The largest absolute Gasteiger partial charge is 0.460 e. The summed E-state index contributed by atoms with van der Waals surface area (Å²) in [5.74, 6) is -0.768. The highest BCUT2D eigenvalue weighted by Gasteiger charge is 2.12. The average Bonchev–Trinajstić information content (AvgIpc) is 2.69. The molecule has 0 spiro atoms. The number of sulfonamides is 1. The molecule has 0 radical (unpaired) electrons. The first-order valence-corrected chi connectivity index (χ1v) is 10.3. The van der Waals surface area contributed by atoms with Gasteiger partial charge < -0.3 is 9.15 Å². The number of ether oxygens (including phenoxy) is 1. The maximum atomic E-state index is 12.0. The highest BCUT2D eigenvalue weighted by Crippen LogP contribution is 2.19. The summed E-state index contributed by atoms with van der Waals surface area (Å²) in [5, 5.41) is 1.63. The molecule has 0 aliphatic rings. The molecule has 7 nitrogen and oxygen atoms in total. The van der Waals surface area contributed by atoms with Gasteiger partial charge in [0.25, 0.3) is 0 Å². The fourth-order valence-electron chi connectivity index (χ4n) is 2.61. The maximum absolute atomic E-state index is 12.0. The lowest BCUT2D eigenvalue weighted by molar-refractivity contribution is -0.143. The summed E-state index contributed by atoms with van der Waals surface area (Å²) in [7, 11) is -3.80. The van der Waals surface area contributed by atoms with Crippen LogP contribution >= 0.6 is 0 Å². The van der Waals surface area contributed by atoms with Crippen molar-refractivity contribution < 1.29 is 22.4 Å². The Morgan fingerprint density at radius 2 is 1.90 bits per heavy atom. The molecule has 8 heteroatoms. The molecule has 0 unspecified atom stereocenters. The Morgan fingerprint density at radius 3 is 2.66 bits per heavy atom. The number of hydrogen-bond donors (Lipinski definition) is 1. The second-order valence-electron chi connectivity index (χ2n) is 6.33. The number of carbonyl (C=O) groups is 1. The predicted octanol–water partition coefficient (Wildman–Crippen LogP) is 2.73. The molecule has 0 aliphatic carbocycles. The summed E-state index contributed by atoms with van der Waals surface area (Å²) in [6, 6.07) is 15.5. The van der Waals surface area contributed by atoms with E-state index in [2.05, 4.69) is 4.72 Å². The molecule has 0 bridgehead atoms. The molecule has 2 aromatic carbocycles. The molecule has 3 rings (SSSR count). The molecule has 0 atom stereocenters. The number of esters is 1. The molecule has 29 heavy (non-hydrogen) atoms. The van der Waals surface area contributed by atoms with Gasteiger partial charge in [-0.2, -0.15) is 0 Å². The topological polar surface area (TPSA) is 103 Å². The molecular formula is C21H19NO6S. The molecule has 3 aromatic rings. The first-order chi connectivity index (χ1) is 13.8. The normalized spacial score (nSPS) is 11.8. The van der Waals surface area contributed by atoms with E-state index in [9.17, 15) is 18.0 Å². The van der Waals surface area contributed by atoms with Crippen LogP contribution in [-0.4, -0.2) is 20.9 Å². The monoisotopic (exact) mass is 413 g/mol. The lowest BCUT2D eigenvalue weighted by Gasteiger charge is -2.08. The molecule has 1 N–H and O–H groups in total. The van der Waals surface area contributed by atoms with E-state index < -0.39 is 28.2 Å². The van der Waals surface area contributed by atoms with Crippen LogP contribution in [0.3, 0.4) is 0 Å². The second-order valence-corrected chi connectivity index (χ2v) is 7.98. The number of fused-ring (bicyclic) bond motifs is 1. The van der Waals surface area contributed by atoms with Crippen LogP contribution in [0.4, 0.5) is 0 Å². The van der Waals surface area contributed by atoms with Gasteiger partial charge in [-0.15, -0.1) is 0 Å². The van der Waals surface area contributed by atoms with Crippen LogP contribution in [0.5, 0.6) is 0 Å². The van der Waals surface area contributed by atoms with E-state index in [0.29, 0.717) is 22.1 Å². The lowest BCUT2D eigenvalue weighted by Crippen LogP contribution is -2.29. The van der Waals surface area contributed by atoms with Crippen molar-refractivity contribution in [1.82, 2.24) is 4.72 Å². The second kappa shape index (κ2) is 8.85. The molecule has 0 saturated heterocycles. The third-order valence-electron chi connectivity index (χ3n) is 4.03. The first kappa shape index (κ1) is 20.5. The van der Waals surface area contributed by atoms with Gasteiger partial charge in [-0.3, -0.25) is 4.79 Å². The van der Waals surface area contributed by atoms with Crippen molar-refractivity contribution >= 4 is 33.0 Å². The Kier molecular flexibility index (Phi) is 6.26. The van der Waals surface area contributed by atoms with E-state index in [1.807, 2.05) is 19.1 Å². The van der Waals surface area contributed by atoms with E-state index in [0.717, 1.165) is 11.0 Å². The minimum Gasteiger partial charge on any atom is -0.460 e. The predicted molar refractivity (Wildman–Crippen MR) is 109 cm³/mol. The van der Waals surface area contributed by atoms with Gasteiger partial charge in [-0.05, 0) is 30.2 Å². The molecule has 150 valence electrons. The van der Waals surface area contributed by atoms with E-state index in [1.54, 1.807) is 36.4 Å². The number of hydrogen-bond acceptors (Lipinski definition) is 6. The van der Waals surface area contributed by atoms with Crippen molar-refractivity contribution in [3.8, 4) is 0 Å². The molecule has 1 heterocycles. The summed E-state index contributed by atoms with van der Waals surface area (Å²) in [6.45, 7) is 1.16. The number of nitrogens with one attached hydrogen (secondary N) is 1. The Morgan fingerprint density at radius 1 is 1.14 bits per heavy atom. The van der Waals surface area contributed by atoms with Gasteiger partial charge in [0.05, 0.1) is 0 Å². The van der Waals surface area contributed by atoms with E-state index in [1.165, 1.54) is 12.1 Å². The molecule has 0 aliphatic heterocycles. The first-order valence-electron chi connectivity index (χ1n) is 8.74. The molecule has 1 aromatic heterocycles. The van der Waals surface area contributed by atoms with Gasteiger partial charge in [-0.25, -0.2) is 17.9 Å². The quantitative estimate of drug-likeness (QED) is 0.472. The van der Waals surface area contributed by atoms with Crippen molar-refractivity contribution in [2.75, 3.05) is 6.54 Å².